The maximum Gasteiger partial charge on any atom is 0.324 e. The molecule has 1 aromatic carbocycles. The van der Waals surface area contributed by atoms with E-state index in [0.29, 0.717) is 25.8 Å². The third-order valence-electron chi connectivity index (χ3n) is 5.07. The van der Waals surface area contributed by atoms with Crippen LogP contribution in [-0.2, 0) is 20.3 Å². The first-order chi connectivity index (χ1) is 13.6. The lowest BCUT2D eigenvalue weighted by atomic mass is 9.99. The van der Waals surface area contributed by atoms with Gasteiger partial charge in [-0.1, -0.05) is 55.3 Å². The minimum absolute atomic E-state index is 0.0536. The topological polar surface area (TPSA) is 66.8 Å². The van der Waals surface area contributed by atoms with Gasteiger partial charge in [0, 0.05) is 25.8 Å². The Morgan fingerprint density at radius 2 is 2.00 bits per heavy atom. The molecule has 0 bridgehead atoms. The smallest absolute Gasteiger partial charge is 0.324 e. The van der Waals surface area contributed by atoms with E-state index in [4.69, 9.17) is 11.9 Å². The molecule has 1 saturated heterocycles. The monoisotopic (exact) mass is 407 g/mol. The second-order valence-corrected chi connectivity index (χ2v) is 7.46. The largest absolute Gasteiger partial charge is 0.389 e. The third-order valence-corrected chi connectivity index (χ3v) is 5.24. The van der Waals surface area contributed by atoms with Crippen LogP contribution in [0.3, 0.4) is 0 Å². The Kier molecular flexibility index (Phi) is 10.1. The van der Waals surface area contributed by atoms with Crippen LogP contribution in [0.4, 0.5) is 0 Å². The van der Waals surface area contributed by atoms with Gasteiger partial charge >= 0.3 is 5.97 Å². The van der Waals surface area contributed by atoms with Crippen molar-refractivity contribution < 1.29 is 19.0 Å². The summed E-state index contributed by atoms with van der Waals surface area (Å²) in [4.78, 5) is 25.3. The number of aliphatic hydroxyl groups is 1. The first kappa shape index (κ1) is 22.4. The number of likely N-dealkylation sites (tertiary alicyclic amines) is 1. The summed E-state index contributed by atoms with van der Waals surface area (Å²) >= 11 is 5.00. The van der Waals surface area contributed by atoms with E-state index in [9.17, 15) is 14.7 Å². The van der Waals surface area contributed by atoms with E-state index in [0.717, 1.165) is 44.1 Å². The molecular weight excluding hydrogens is 378 g/mol. The van der Waals surface area contributed by atoms with Crippen molar-refractivity contribution in [2.75, 3.05) is 6.54 Å². The molecule has 0 spiro atoms. The summed E-state index contributed by atoms with van der Waals surface area (Å²) < 4.78 is 4.12. The number of carbonyl (C=O) groups excluding carboxylic acids is 2. The minimum Gasteiger partial charge on any atom is -0.389 e. The number of rotatable bonds is 11. The molecule has 1 aliphatic heterocycles. The fraction of sp³-hybridized carbons (Fsp3) is 0.545. The zero-order valence-corrected chi connectivity index (χ0v) is 17.0. The Morgan fingerprint density at radius 3 is 2.75 bits per heavy atom. The summed E-state index contributed by atoms with van der Waals surface area (Å²) in [6.07, 6.45) is 10.1. The van der Waals surface area contributed by atoms with Crippen LogP contribution in [0.15, 0.2) is 42.5 Å². The molecule has 0 radical (unpaired) electrons. The van der Waals surface area contributed by atoms with Crippen LogP contribution in [0.25, 0.3) is 0 Å². The minimum atomic E-state index is -0.553. The highest BCUT2D eigenvalue weighted by Crippen LogP contribution is 2.21. The first-order valence-corrected chi connectivity index (χ1v) is 10.4. The third kappa shape index (κ3) is 8.03. The van der Waals surface area contributed by atoms with E-state index in [1.807, 2.05) is 47.4 Å². The van der Waals surface area contributed by atoms with Crippen molar-refractivity contribution in [3.05, 3.63) is 48.0 Å². The number of unbranched alkanes of at least 4 members (excludes halogenated alkanes) is 3. The highest BCUT2D eigenvalue weighted by atomic mass is 35.5. The molecule has 2 atom stereocenters. The first-order valence-electron chi connectivity index (χ1n) is 10.1. The van der Waals surface area contributed by atoms with Crippen molar-refractivity contribution in [1.29, 1.82) is 0 Å². The van der Waals surface area contributed by atoms with Crippen molar-refractivity contribution in [2.24, 2.45) is 0 Å². The lowest BCUT2D eigenvalue weighted by Crippen LogP contribution is -2.43. The Morgan fingerprint density at radius 1 is 1.25 bits per heavy atom. The van der Waals surface area contributed by atoms with Gasteiger partial charge < -0.3 is 14.3 Å². The molecule has 0 saturated carbocycles. The zero-order valence-electron chi connectivity index (χ0n) is 16.3. The molecule has 154 valence electrons. The van der Waals surface area contributed by atoms with Crippen LogP contribution in [-0.4, -0.2) is 40.6 Å². The fourth-order valence-corrected chi connectivity index (χ4v) is 3.64. The molecule has 5 nitrogen and oxygen atoms in total. The van der Waals surface area contributed by atoms with Gasteiger partial charge in [-0.05, 0) is 31.2 Å². The van der Waals surface area contributed by atoms with E-state index < -0.39 is 12.1 Å². The molecular formula is C22H30ClNO4. The average molecular weight is 408 g/mol. The van der Waals surface area contributed by atoms with Gasteiger partial charge in [0.1, 0.15) is 11.9 Å². The second-order valence-electron chi connectivity index (χ2n) is 7.30. The molecule has 2 unspecified atom stereocenters. The number of nitrogens with zero attached hydrogens (tertiary/aromatic N) is 1. The maximum absolute atomic E-state index is 12.3. The standard InChI is InChI=1S/C22H30ClNO4/c23-28-22(27)13-6-1-2-7-16-24-19(11-8-12-21(24)26)14-15-20(25)17-18-9-4-3-5-10-18/h3-5,9-10,14-15,19-20,25H,1-2,6-8,11-13,16-17H2. The van der Waals surface area contributed by atoms with Crippen molar-refractivity contribution in [3.8, 4) is 0 Å². The van der Waals surface area contributed by atoms with E-state index in [1.165, 1.54) is 0 Å². The molecule has 1 heterocycles. The van der Waals surface area contributed by atoms with Crippen LogP contribution in [0.1, 0.15) is 56.9 Å². The van der Waals surface area contributed by atoms with Gasteiger partial charge in [0.15, 0.2) is 0 Å². The van der Waals surface area contributed by atoms with E-state index >= 15 is 0 Å². The lowest BCUT2D eigenvalue weighted by Gasteiger charge is -2.34. The van der Waals surface area contributed by atoms with E-state index in [1.54, 1.807) is 0 Å². The fourth-order valence-electron chi connectivity index (χ4n) is 3.56. The number of hydrogen-bond acceptors (Lipinski definition) is 4. The van der Waals surface area contributed by atoms with E-state index in [2.05, 4.69) is 4.29 Å². The van der Waals surface area contributed by atoms with Crippen molar-refractivity contribution in [2.45, 2.75) is 69.9 Å². The number of halogens is 1. The molecule has 28 heavy (non-hydrogen) atoms. The number of hydrogen-bond donors (Lipinski definition) is 1. The van der Waals surface area contributed by atoms with Crippen molar-refractivity contribution in [3.63, 3.8) is 0 Å². The summed E-state index contributed by atoms with van der Waals surface area (Å²) in [5.41, 5.74) is 1.09. The highest BCUT2D eigenvalue weighted by Gasteiger charge is 2.25. The molecule has 0 aliphatic carbocycles. The van der Waals surface area contributed by atoms with Gasteiger partial charge in [-0.3, -0.25) is 9.59 Å². The van der Waals surface area contributed by atoms with Crippen molar-refractivity contribution in [1.82, 2.24) is 4.90 Å². The molecule has 1 aliphatic rings. The molecule has 2 rings (SSSR count). The number of benzene rings is 1. The summed E-state index contributed by atoms with van der Waals surface area (Å²) in [6, 6.07) is 9.94. The van der Waals surface area contributed by atoms with Crippen LogP contribution in [0, 0.1) is 0 Å². The Balaban J connectivity index is 1.77. The number of aliphatic hydroxyl groups excluding tert-OH is 1. The van der Waals surface area contributed by atoms with E-state index in [-0.39, 0.29) is 11.9 Å². The number of carbonyl (C=O) groups is 2. The summed E-state index contributed by atoms with van der Waals surface area (Å²) in [5.74, 6) is -0.212. The van der Waals surface area contributed by atoms with Gasteiger partial charge in [-0.15, -0.1) is 0 Å². The van der Waals surface area contributed by atoms with Crippen LogP contribution >= 0.6 is 11.9 Å². The number of amides is 1. The van der Waals surface area contributed by atoms with Crippen LogP contribution in [0.2, 0.25) is 0 Å². The van der Waals surface area contributed by atoms with Gasteiger partial charge in [0.05, 0.1) is 12.1 Å². The second kappa shape index (κ2) is 12.6. The molecule has 1 amide bonds. The molecule has 6 heteroatoms. The quantitative estimate of drug-likeness (QED) is 0.441. The average Bonchev–Trinajstić information content (AvgIpc) is 2.70. The maximum atomic E-state index is 12.3. The van der Waals surface area contributed by atoms with Crippen LogP contribution < -0.4 is 0 Å². The van der Waals surface area contributed by atoms with Gasteiger partial charge in [0.2, 0.25) is 5.91 Å². The Labute approximate surface area is 172 Å². The Bertz CT molecular complexity index is 635. The Hall–Kier alpha value is -1.85. The van der Waals surface area contributed by atoms with Crippen molar-refractivity contribution >= 4 is 23.7 Å². The summed E-state index contributed by atoms with van der Waals surface area (Å²) in [6.45, 7) is 0.711. The highest BCUT2D eigenvalue weighted by molar-refractivity contribution is 6.13. The molecule has 0 aromatic heterocycles. The predicted molar refractivity (Wildman–Crippen MR) is 110 cm³/mol. The lowest BCUT2D eigenvalue weighted by molar-refractivity contribution is -0.135. The number of piperidine rings is 1. The summed E-state index contributed by atoms with van der Waals surface area (Å²) in [7, 11) is 0. The zero-order chi connectivity index (χ0) is 20.2. The molecule has 1 N–H and O–H groups in total. The summed E-state index contributed by atoms with van der Waals surface area (Å²) in [5, 5.41) is 10.3. The van der Waals surface area contributed by atoms with Gasteiger partial charge in [-0.25, -0.2) is 0 Å². The normalized spacial score (nSPS) is 18.4. The SMILES string of the molecule is O=C(CCCCCCN1C(=O)CCCC1C=CC(O)Cc1ccccc1)OCl. The predicted octanol–water partition coefficient (Wildman–Crippen LogP) is 4.17. The van der Waals surface area contributed by atoms with Crippen LogP contribution in [0.5, 0.6) is 0 Å². The molecule has 1 aromatic rings. The molecule has 1 fully saturated rings. The van der Waals surface area contributed by atoms with Gasteiger partial charge in [-0.2, -0.15) is 0 Å². The van der Waals surface area contributed by atoms with Gasteiger partial charge in [0.25, 0.3) is 0 Å².